The highest BCUT2D eigenvalue weighted by atomic mass is 16.1. The van der Waals surface area contributed by atoms with Crippen LogP contribution in [-0.2, 0) is 17.6 Å². The number of carbonyl (C=O) groups is 1. The van der Waals surface area contributed by atoms with Crippen LogP contribution in [-0.4, -0.2) is 12.5 Å². The number of amides is 1. The molecule has 0 radical (unpaired) electrons. The maximum Gasteiger partial charge on any atom is 0.225 e. The maximum atomic E-state index is 11.3. The Morgan fingerprint density at radius 2 is 2.13 bits per heavy atom. The highest BCUT2D eigenvalue weighted by Crippen LogP contribution is 2.24. The Bertz CT molecular complexity index is 374. The van der Waals surface area contributed by atoms with Crippen LogP contribution in [0.1, 0.15) is 24.0 Å². The molecule has 1 aliphatic carbocycles. The monoisotopic (exact) mass is 204 g/mol. The van der Waals surface area contributed by atoms with Gasteiger partial charge in [0.2, 0.25) is 5.91 Å². The van der Waals surface area contributed by atoms with Gasteiger partial charge >= 0.3 is 0 Å². The Kier molecular flexibility index (Phi) is 3.02. The minimum atomic E-state index is -0.00422. The molecule has 0 saturated heterocycles. The van der Waals surface area contributed by atoms with Crippen molar-refractivity contribution in [1.82, 2.24) is 0 Å². The van der Waals surface area contributed by atoms with E-state index in [4.69, 9.17) is 5.73 Å². The first-order valence-corrected chi connectivity index (χ1v) is 5.41. The molecule has 1 amide bonds. The van der Waals surface area contributed by atoms with Crippen LogP contribution in [0.4, 0.5) is 5.69 Å². The molecule has 0 aromatic heterocycles. The number of nitrogens with one attached hydrogen (secondary N) is 1. The van der Waals surface area contributed by atoms with Crippen molar-refractivity contribution >= 4 is 11.6 Å². The van der Waals surface area contributed by atoms with Gasteiger partial charge in [-0.05, 0) is 42.5 Å². The van der Waals surface area contributed by atoms with Gasteiger partial charge < -0.3 is 11.1 Å². The largest absolute Gasteiger partial charge is 0.330 e. The van der Waals surface area contributed by atoms with Crippen molar-refractivity contribution in [1.29, 1.82) is 0 Å². The molecule has 2 rings (SSSR count). The summed E-state index contributed by atoms with van der Waals surface area (Å²) in [6.45, 7) is 0.400. The molecule has 80 valence electrons. The lowest BCUT2D eigenvalue weighted by Gasteiger charge is -2.06. The number of hydrogen-bond donors (Lipinski definition) is 2. The molecule has 0 bridgehead atoms. The normalized spacial score (nSPS) is 13.7. The second-order valence-electron chi connectivity index (χ2n) is 3.92. The van der Waals surface area contributed by atoms with E-state index in [1.807, 2.05) is 6.07 Å². The third kappa shape index (κ3) is 2.36. The SMILES string of the molecule is NCCC(=O)Nc1ccc2c(c1)CCC2. The van der Waals surface area contributed by atoms with Crippen LogP contribution in [0.5, 0.6) is 0 Å². The van der Waals surface area contributed by atoms with Gasteiger partial charge in [0.15, 0.2) is 0 Å². The third-order valence-corrected chi connectivity index (χ3v) is 2.75. The van der Waals surface area contributed by atoms with E-state index in [0.29, 0.717) is 13.0 Å². The fourth-order valence-electron chi connectivity index (χ4n) is 2.00. The van der Waals surface area contributed by atoms with Crippen LogP contribution in [0.15, 0.2) is 18.2 Å². The average Bonchev–Trinajstić information content (AvgIpc) is 2.65. The second-order valence-corrected chi connectivity index (χ2v) is 3.92. The fraction of sp³-hybridized carbons (Fsp3) is 0.417. The quantitative estimate of drug-likeness (QED) is 0.783. The first kappa shape index (κ1) is 10.2. The molecule has 0 unspecified atom stereocenters. The number of anilines is 1. The zero-order chi connectivity index (χ0) is 10.7. The van der Waals surface area contributed by atoms with E-state index < -0.39 is 0 Å². The zero-order valence-electron chi connectivity index (χ0n) is 8.75. The van der Waals surface area contributed by atoms with Crippen molar-refractivity contribution in [2.45, 2.75) is 25.7 Å². The summed E-state index contributed by atoms with van der Waals surface area (Å²) in [6.07, 6.45) is 3.93. The Morgan fingerprint density at radius 3 is 2.93 bits per heavy atom. The van der Waals surface area contributed by atoms with Gasteiger partial charge in [0, 0.05) is 18.7 Å². The highest BCUT2D eigenvalue weighted by Gasteiger charge is 2.11. The van der Waals surface area contributed by atoms with Gasteiger partial charge in [-0.2, -0.15) is 0 Å². The molecule has 3 heteroatoms. The fourth-order valence-corrected chi connectivity index (χ4v) is 2.00. The van der Waals surface area contributed by atoms with Gasteiger partial charge in [0.1, 0.15) is 0 Å². The topological polar surface area (TPSA) is 55.1 Å². The van der Waals surface area contributed by atoms with E-state index in [9.17, 15) is 4.79 Å². The molecule has 3 nitrogen and oxygen atoms in total. The molecule has 0 atom stereocenters. The summed E-state index contributed by atoms with van der Waals surface area (Å²) < 4.78 is 0. The van der Waals surface area contributed by atoms with Crippen molar-refractivity contribution in [3.63, 3.8) is 0 Å². The summed E-state index contributed by atoms with van der Waals surface area (Å²) in [5.74, 6) is -0.00422. The minimum Gasteiger partial charge on any atom is -0.330 e. The molecule has 3 N–H and O–H groups in total. The summed E-state index contributed by atoms with van der Waals surface area (Å²) in [4.78, 5) is 11.3. The number of fused-ring (bicyclic) bond motifs is 1. The van der Waals surface area contributed by atoms with Gasteiger partial charge in [-0.1, -0.05) is 6.07 Å². The van der Waals surface area contributed by atoms with Gasteiger partial charge in [0.25, 0.3) is 0 Å². The van der Waals surface area contributed by atoms with Crippen molar-refractivity contribution in [2.24, 2.45) is 5.73 Å². The van der Waals surface area contributed by atoms with Crippen molar-refractivity contribution in [3.8, 4) is 0 Å². The number of rotatable bonds is 3. The molecule has 1 aromatic carbocycles. The predicted octanol–water partition coefficient (Wildman–Crippen LogP) is 1.46. The zero-order valence-corrected chi connectivity index (χ0v) is 8.75. The summed E-state index contributed by atoms with van der Waals surface area (Å²) in [5.41, 5.74) is 9.01. The van der Waals surface area contributed by atoms with E-state index >= 15 is 0 Å². The maximum absolute atomic E-state index is 11.3. The summed E-state index contributed by atoms with van der Waals surface area (Å²) in [6, 6.07) is 6.16. The Hall–Kier alpha value is -1.35. The highest BCUT2D eigenvalue weighted by molar-refractivity contribution is 5.90. The Labute approximate surface area is 89.7 Å². The molecule has 0 spiro atoms. The summed E-state index contributed by atoms with van der Waals surface area (Å²) >= 11 is 0. The van der Waals surface area contributed by atoms with Crippen LogP contribution < -0.4 is 11.1 Å². The molecule has 0 heterocycles. The van der Waals surface area contributed by atoms with E-state index in [1.54, 1.807) is 0 Å². The number of hydrogen-bond acceptors (Lipinski definition) is 2. The van der Waals surface area contributed by atoms with Crippen molar-refractivity contribution in [3.05, 3.63) is 29.3 Å². The van der Waals surface area contributed by atoms with Gasteiger partial charge in [-0.3, -0.25) is 4.79 Å². The van der Waals surface area contributed by atoms with E-state index in [1.165, 1.54) is 24.0 Å². The van der Waals surface area contributed by atoms with Gasteiger partial charge in [-0.15, -0.1) is 0 Å². The number of aryl methyl sites for hydroxylation is 2. The smallest absolute Gasteiger partial charge is 0.225 e. The number of benzene rings is 1. The first-order valence-electron chi connectivity index (χ1n) is 5.41. The lowest BCUT2D eigenvalue weighted by atomic mass is 10.1. The van der Waals surface area contributed by atoms with Crippen molar-refractivity contribution < 1.29 is 4.79 Å². The molecular weight excluding hydrogens is 188 g/mol. The molecule has 1 aliphatic rings. The first-order chi connectivity index (χ1) is 7.29. The van der Waals surface area contributed by atoms with Crippen LogP contribution >= 0.6 is 0 Å². The average molecular weight is 204 g/mol. The van der Waals surface area contributed by atoms with Crippen LogP contribution in [0.3, 0.4) is 0 Å². The van der Waals surface area contributed by atoms with E-state index in [2.05, 4.69) is 17.4 Å². The van der Waals surface area contributed by atoms with E-state index in [0.717, 1.165) is 12.1 Å². The van der Waals surface area contributed by atoms with Crippen LogP contribution in [0.2, 0.25) is 0 Å². The van der Waals surface area contributed by atoms with Gasteiger partial charge in [-0.25, -0.2) is 0 Å². The summed E-state index contributed by atoms with van der Waals surface area (Å²) in [7, 11) is 0. The Morgan fingerprint density at radius 1 is 1.33 bits per heavy atom. The van der Waals surface area contributed by atoms with Crippen LogP contribution in [0, 0.1) is 0 Å². The standard InChI is InChI=1S/C12H16N2O/c13-7-6-12(15)14-11-5-4-9-2-1-3-10(9)8-11/h4-5,8H,1-3,6-7,13H2,(H,14,15). The molecule has 15 heavy (non-hydrogen) atoms. The van der Waals surface area contributed by atoms with Crippen LogP contribution in [0.25, 0.3) is 0 Å². The number of carbonyl (C=O) groups excluding carboxylic acids is 1. The molecule has 0 aliphatic heterocycles. The molecule has 0 saturated carbocycles. The third-order valence-electron chi connectivity index (χ3n) is 2.75. The number of nitrogens with two attached hydrogens (primary N) is 1. The summed E-state index contributed by atoms with van der Waals surface area (Å²) in [5, 5.41) is 2.85. The van der Waals surface area contributed by atoms with Gasteiger partial charge in [0.05, 0.1) is 0 Å². The van der Waals surface area contributed by atoms with E-state index in [-0.39, 0.29) is 5.91 Å². The lowest BCUT2D eigenvalue weighted by Crippen LogP contribution is -2.16. The molecular formula is C12H16N2O. The molecule has 0 fully saturated rings. The van der Waals surface area contributed by atoms with Crippen molar-refractivity contribution in [2.75, 3.05) is 11.9 Å². The minimum absolute atomic E-state index is 0.00422. The predicted molar refractivity (Wildman–Crippen MR) is 60.8 cm³/mol. The molecule has 1 aromatic rings. The Balaban J connectivity index is 2.06. The second kappa shape index (κ2) is 4.45. The lowest BCUT2D eigenvalue weighted by molar-refractivity contribution is -0.116.